The maximum Gasteiger partial charge on any atom is 0.257 e. The molecule has 162 valence electrons. The first-order valence-corrected chi connectivity index (χ1v) is 11.1. The van der Waals surface area contributed by atoms with Crippen LogP contribution < -0.4 is 20.1 Å². The van der Waals surface area contributed by atoms with Crippen LogP contribution in [0.25, 0.3) is 0 Å². The summed E-state index contributed by atoms with van der Waals surface area (Å²) in [5.74, 6) is 1.17. The lowest BCUT2D eigenvalue weighted by Crippen LogP contribution is -2.34. The van der Waals surface area contributed by atoms with Gasteiger partial charge in [-0.1, -0.05) is 51.7 Å². The average molecular weight is 429 g/mol. The summed E-state index contributed by atoms with van der Waals surface area (Å²) in [6, 6.07) is 14.6. The van der Waals surface area contributed by atoms with E-state index >= 15 is 0 Å². The Labute approximate surface area is 185 Å². The van der Waals surface area contributed by atoms with Gasteiger partial charge in [0, 0.05) is 17.3 Å². The Balaban J connectivity index is 1.82. The Morgan fingerprint density at radius 2 is 1.57 bits per heavy atom. The van der Waals surface area contributed by atoms with E-state index in [-0.39, 0.29) is 11.0 Å². The highest BCUT2D eigenvalue weighted by Gasteiger charge is 2.09. The number of carbonyl (C=O) groups excluding carboxylic acids is 1. The predicted octanol–water partition coefficient (Wildman–Crippen LogP) is 5.95. The van der Waals surface area contributed by atoms with Gasteiger partial charge < -0.3 is 14.8 Å². The van der Waals surface area contributed by atoms with Crippen LogP contribution in [0.1, 0.15) is 62.7 Å². The van der Waals surface area contributed by atoms with Crippen LogP contribution in [0.5, 0.6) is 11.5 Å². The van der Waals surface area contributed by atoms with E-state index in [2.05, 4.69) is 17.6 Å². The van der Waals surface area contributed by atoms with E-state index in [1.54, 1.807) is 18.2 Å². The van der Waals surface area contributed by atoms with Crippen LogP contribution >= 0.6 is 12.2 Å². The molecule has 0 spiro atoms. The number of hydrogen-bond donors (Lipinski definition) is 2. The molecule has 0 bridgehead atoms. The third kappa shape index (κ3) is 8.82. The number of amides is 1. The molecule has 2 aromatic carbocycles. The molecule has 0 aliphatic heterocycles. The van der Waals surface area contributed by atoms with Crippen LogP contribution in [0.3, 0.4) is 0 Å². The number of hydrogen-bond acceptors (Lipinski definition) is 4. The molecule has 2 N–H and O–H groups in total. The standard InChI is InChI=1S/C24H32N2O3S/c1-3-5-6-7-8-16-29-22-14-10-12-20(18-22)25-24(30)26-23(27)19-11-9-13-21(17-19)28-15-4-2/h9-14,17-18H,3-8,15-16H2,1-2H3,(H2,25,26,27,30). The molecule has 0 saturated carbocycles. The number of unbranched alkanes of at least 4 members (excludes halogenated alkanes) is 4. The van der Waals surface area contributed by atoms with Gasteiger partial charge in [-0.3, -0.25) is 10.1 Å². The van der Waals surface area contributed by atoms with Crippen molar-refractivity contribution in [1.82, 2.24) is 5.32 Å². The van der Waals surface area contributed by atoms with E-state index in [0.29, 0.717) is 24.5 Å². The quantitative estimate of drug-likeness (QED) is 0.323. The van der Waals surface area contributed by atoms with Crippen molar-refractivity contribution in [2.24, 2.45) is 0 Å². The van der Waals surface area contributed by atoms with Crippen LogP contribution in [0.4, 0.5) is 5.69 Å². The Morgan fingerprint density at radius 3 is 2.33 bits per heavy atom. The van der Waals surface area contributed by atoms with Gasteiger partial charge in [0.25, 0.3) is 5.91 Å². The van der Waals surface area contributed by atoms with Gasteiger partial charge >= 0.3 is 0 Å². The zero-order valence-corrected chi connectivity index (χ0v) is 18.7. The predicted molar refractivity (Wildman–Crippen MR) is 127 cm³/mol. The number of ether oxygens (including phenoxy) is 2. The molecule has 0 heterocycles. The molecule has 5 nitrogen and oxygen atoms in total. The second-order valence-electron chi connectivity index (χ2n) is 7.08. The lowest BCUT2D eigenvalue weighted by molar-refractivity contribution is 0.0977. The minimum Gasteiger partial charge on any atom is -0.494 e. The van der Waals surface area contributed by atoms with Gasteiger partial charge in [-0.15, -0.1) is 0 Å². The topological polar surface area (TPSA) is 59.6 Å². The van der Waals surface area contributed by atoms with Gasteiger partial charge in [-0.05, 0) is 55.4 Å². The summed E-state index contributed by atoms with van der Waals surface area (Å²) >= 11 is 5.29. The summed E-state index contributed by atoms with van der Waals surface area (Å²) in [4.78, 5) is 12.5. The number of anilines is 1. The summed E-state index contributed by atoms with van der Waals surface area (Å²) in [7, 11) is 0. The Hall–Kier alpha value is -2.60. The summed E-state index contributed by atoms with van der Waals surface area (Å²) in [6.07, 6.45) is 6.91. The average Bonchev–Trinajstić information content (AvgIpc) is 2.75. The fourth-order valence-corrected chi connectivity index (χ4v) is 3.05. The van der Waals surface area contributed by atoms with E-state index < -0.39 is 0 Å². The first kappa shape index (κ1) is 23.7. The van der Waals surface area contributed by atoms with Crippen molar-refractivity contribution in [1.29, 1.82) is 0 Å². The second kappa shape index (κ2) is 13.6. The fraction of sp³-hybridized carbons (Fsp3) is 0.417. The van der Waals surface area contributed by atoms with Crippen molar-refractivity contribution in [3.05, 3.63) is 54.1 Å². The maximum atomic E-state index is 12.5. The van der Waals surface area contributed by atoms with E-state index in [4.69, 9.17) is 21.7 Å². The van der Waals surface area contributed by atoms with Crippen molar-refractivity contribution in [2.75, 3.05) is 18.5 Å². The minimum atomic E-state index is -0.283. The number of nitrogens with one attached hydrogen (secondary N) is 2. The molecule has 0 aromatic heterocycles. The minimum absolute atomic E-state index is 0.233. The van der Waals surface area contributed by atoms with Crippen LogP contribution in [0.15, 0.2) is 48.5 Å². The molecular weight excluding hydrogens is 396 g/mol. The third-order valence-electron chi connectivity index (χ3n) is 4.40. The van der Waals surface area contributed by atoms with Crippen molar-refractivity contribution in [2.45, 2.75) is 52.4 Å². The number of benzene rings is 2. The normalized spacial score (nSPS) is 10.3. The molecule has 0 saturated heterocycles. The Bertz CT molecular complexity index is 811. The fourth-order valence-electron chi connectivity index (χ4n) is 2.84. The summed E-state index contributed by atoms with van der Waals surface area (Å²) in [6.45, 7) is 5.56. The lowest BCUT2D eigenvalue weighted by atomic mass is 10.2. The number of rotatable bonds is 12. The van der Waals surface area contributed by atoms with E-state index in [9.17, 15) is 4.79 Å². The van der Waals surface area contributed by atoms with Gasteiger partial charge in [0.05, 0.1) is 13.2 Å². The van der Waals surface area contributed by atoms with Gasteiger partial charge in [0.2, 0.25) is 0 Å². The monoisotopic (exact) mass is 428 g/mol. The van der Waals surface area contributed by atoms with Crippen molar-refractivity contribution < 1.29 is 14.3 Å². The molecule has 2 aromatic rings. The smallest absolute Gasteiger partial charge is 0.257 e. The third-order valence-corrected chi connectivity index (χ3v) is 4.61. The summed E-state index contributed by atoms with van der Waals surface area (Å²) < 4.78 is 11.4. The molecule has 0 radical (unpaired) electrons. The molecule has 30 heavy (non-hydrogen) atoms. The van der Waals surface area contributed by atoms with E-state index in [1.807, 2.05) is 37.3 Å². The van der Waals surface area contributed by atoms with Gasteiger partial charge in [0.15, 0.2) is 5.11 Å². The zero-order chi connectivity index (χ0) is 21.6. The van der Waals surface area contributed by atoms with Crippen LogP contribution in [-0.2, 0) is 0 Å². The molecule has 0 aliphatic carbocycles. The lowest BCUT2D eigenvalue weighted by Gasteiger charge is -2.12. The highest BCUT2D eigenvalue weighted by atomic mass is 32.1. The van der Waals surface area contributed by atoms with Gasteiger partial charge in [-0.2, -0.15) is 0 Å². The Kier molecular flexibility index (Phi) is 10.7. The molecule has 6 heteroatoms. The molecular formula is C24H32N2O3S. The number of carbonyl (C=O) groups is 1. The van der Waals surface area contributed by atoms with Crippen molar-refractivity contribution >= 4 is 28.9 Å². The molecule has 0 fully saturated rings. The summed E-state index contributed by atoms with van der Waals surface area (Å²) in [5.41, 5.74) is 1.26. The van der Waals surface area contributed by atoms with Crippen LogP contribution in [0.2, 0.25) is 0 Å². The molecule has 0 atom stereocenters. The van der Waals surface area contributed by atoms with Crippen LogP contribution in [-0.4, -0.2) is 24.2 Å². The van der Waals surface area contributed by atoms with Crippen LogP contribution in [0, 0.1) is 0 Å². The van der Waals surface area contributed by atoms with Crippen molar-refractivity contribution in [3.8, 4) is 11.5 Å². The first-order chi connectivity index (χ1) is 14.6. The van der Waals surface area contributed by atoms with Crippen molar-refractivity contribution in [3.63, 3.8) is 0 Å². The highest BCUT2D eigenvalue weighted by molar-refractivity contribution is 7.80. The van der Waals surface area contributed by atoms with Gasteiger partial charge in [0.1, 0.15) is 11.5 Å². The van der Waals surface area contributed by atoms with Gasteiger partial charge in [-0.25, -0.2) is 0 Å². The zero-order valence-electron chi connectivity index (χ0n) is 17.9. The first-order valence-electron chi connectivity index (χ1n) is 10.7. The Morgan fingerprint density at radius 1 is 0.867 bits per heavy atom. The SMILES string of the molecule is CCCCCCCOc1cccc(NC(=S)NC(=O)c2cccc(OCCC)c2)c1. The molecule has 0 aliphatic rings. The molecule has 2 rings (SSSR count). The van der Waals surface area contributed by atoms with E-state index in [1.165, 1.54) is 25.7 Å². The largest absolute Gasteiger partial charge is 0.494 e. The molecule has 1 amide bonds. The van der Waals surface area contributed by atoms with E-state index in [0.717, 1.165) is 24.3 Å². The second-order valence-corrected chi connectivity index (χ2v) is 7.48. The molecule has 0 unspecified atom stereocenters. The summed E-state index contributed by atoms with van der Waals surface area (Å²) in [5, 5.41) is 5.98. The maximum absolute atomic E-state index is 12.5. The highest BCUT2D eigenvalue weighted by Crippen LogP contribution is 2.18. The number of thiocarbonyl (C=S) groups is 1.